The number of oxazole rings is 1. The van der Waals surface area contributed by atoms with E-state index in [9.17, 15) is 18.0 Å². The molecule has 3 N–H and O–H groups in total. The van der Waals surface area contributed by atoms with Crippen LogP contribution in [0.3, 0.4) is 0 Å². The van der Waals surface area contributed by atoms with Gasteiger partial charge in [-0.1, -0.05) is 0 Å². The van der Waals surface area contributed by atoms with Gasteiger partial charge in [0.25, 0.3) is 0 Å². The molecule has 1 heterocycles. The van der Waals surface area contributed by atoms with Crippen molar-refractivity contribution in [2.24, 2.45) is 0 Å². The average Bonchev–Trinajstić information content (AvgIpc) is 2.97. The fourth-order valence-electron chi connectivity index (χ4n) is 3.71. The number of fused-ring (bicyclic) bond motifs is 1. The van der Waals surface area contributed by atoms with Gasteiger partial charge in [-0.15, -0.1) is 0 Å². The van der Waals surface area contributed by atoms with Gasteiger partial charge in [-0.05, 0) is 72.4 Å². The van der Waals surface area contributed by atoms with Crippen molar-refractivity contribution < 1.29 is 17.6 Å². The van der Waals surface area contributed by atoms with Crippen molar-refractivity contribution in [3.05, 3.63) is 28.7 Å². The highest BCUT2D eigenvalue weighted by Gasteiger charge is 2.33. The summed E-state index contributed by atoms with van der Waals surface area (Å²) >= 11 is 0. The second kappa shape index (κ2) is 8.66. The Kier molecular flexibility index (Phi) is 6.52. The number of rotatable bonds is 5. The van der Waals surface area contributed by atoms with Gasteiger partial charge in [0, 0.05) is 29.9 Å². The lowest BCUT2D eigenvalue weighted by atomic mass is 9.92. The maximum atomic E-state index is 12.4. The van der Waals surface area contributed by atoms with Crippen molar-refractivity contribution >= 4 is 32.8 Å². The molecule has 0 radical (unpaired) electrons. The average molecular weight is 453 g/mol. The van der Waals surface area contributed by atoms with Gasteiger partial charge >= 0.3 is 11.8 Å². The molecule has 1 aromatic carbocycles. The van der Waals surface area contributed by atoms with Crippen molar-refractivity contribution in [2.75, 3.05) is 5.32 Å². The molecule has 3 rings (SSSR count). The van der Waals surface area contributed by atoms with Crippen LogP contribution in [0.15, 0.2) is 27.4 Å². The highest BCUT2D eigenvalue weighted by molar-refractivity contribution is 7.90. The van der Waals surface area contributed by atoms with Gasteiger partial charge in [0.05, 0.1) is 10.3 Å². The van der Waals surface area contributed by atoms with Gasteiger partial charge in [0.15, 0.2) is 5.58 Å². The fourth-order valence-corrected chi connectivity index (χ4v) is 4.74. The molecular weight excluding hydrogens is 420 g/mol. The van der Waals surface area contributed by atoms with Gasteiger partial charge in [-0.2, -0.15) is 0 Å². The summed E-state index contributed by atoms with van der Waals surface area (Å²) in [5.41, 5.74) is 1.63. The summed E-state index contributed by atoms with van der Waals surface area (Å²) < 4.78 is 33.4. The number of hydrogen-bond acceptors (Lipinski definition) is 5. The maximum absolute atomic E-state index is 12.4. The molecular formula is C21H32N4O5S. The molecule has 1 aliphatic rings. The zero-order chi connectivity index (χ0) is 23.0. The minimum atomic E-state index is -3.39. The summed E-state index contributed by atoms with van der Waals surface area (Å²) in [6.07, 6.45) is 2.71. The number of benzene rings is 1. The Bertz CT molecular complexity index is 1100. The minimum absolute atomic E-state index is 0.0286. The summed E-state index contributed by atoms with van der Waals surface area (Å²) in [7, 11) is -3.39. The molecule has 172 valence electrons. The van der Waals surface area contributed by atoms with E-state index in [2.05, 4.69) is 15.4 Å². The highest BCUT2D eigenvalue weighted by atomic mass is 32.2. The van der Waals surface area contributed by atoms with Crippen LogP contribution in [0.25, 0.3) is 11.1 Å². The van der Waals surface area contributed by atoms with Gasteiger partial charge < -0.3 is 15.1 Å². The number of nitrogens with zero attached hydrogens (tertiary/aromatic N) is 1. The standard InChI is InChI=1S/C21H32N4O5S/c1-13(2)25-17-11-10-16(12-18(17)30-20(25)27)23-19(26)22-14-6-8-15(9-7-14)24-31(28,29)21(3,4)5/h10-15,24H,6-9H2,1-5H3,(H2,22,23,26). The number of anilines is 1. The summed E-state index contributed by atoms with van der Waals surface area (Å²) in [4.78, 5) is 24.4. The Morgan fingerprint density at radius 1 is 1.13 bits per heavy atom. The van der Waals surface area contributed by atoms with Gasteiger partial charge in [0.2, 0.25) is 10.0 Å². The van der Waals surface area contributed by atoms with Crippen LogP contribution < -0.4 is 21.1 Å². The minimum Gasteiger partial charge on any atom is -0.408 e. The van der Waals surface area contributed by atoms with Crippen LogP contribution in [0.2, 0.25) is 0 Å². The molecule has 1 aliphatic carbocycles. The number of nitrogens with one attached hydrogen (secondary N) is 3. The zero-order valence-corrected chi connectivity index (χ0v) is 19.5. The molecule has 9 nitrogen and oxygen atoms in total. The predicted octanol–water partition coefficient (Wildman–Crippen LogP) is 3.33. The van der Waals surface area contributed by atoms with E-state index in [1.165, 1.54) is 0 Å². The van der Waals surface area contributed by atoms with E-state index < -0.39 is 20.5 Å². The Labute approximate surface area is 182 Å². The van der Waals surface area contributed by atoms with E-state index in [1.807, 2.05) is 13.8 Å². The van der Waals surface area contributed by atoms with Crippen LogP contribution in [0.1, 0.15) is 66.3 Å². The van der Waals surface area contributed by atoms with E-state index >= 15 is 0 Å². The number of amides is 2. The van der Waals surface area contributed by atoms with E-state index in [-0.39, 0.29) is 24.2 Å². The van der Waals surface area contributed by atoms with E-state index in [4.69, 9.17) is 4.42 Å². The van der Waals surface area contributed by atoms with Crippen LogP contribution in [0.5, 0.6) is 0 Å². The Morgan fingerprint density at radius 2 is 1.74 bits per heavy atom. The summed E-state index contributed by atoms with van der Waals surface area (Å²) in [5, 5.41) is 5.71. The normalized spacial score (nSPS) is 20.2. The second-order valence-electron chi connectivity index (χ2n) is 9.39. The van der Waals surface area contributed by atoms with Gasteiger partial charge in [-0.25, -0.2) is 22.7 Å². The molecule has 0 aliphatic heterocycles. The van der Waals surface area contributed by atoms with Crippen LogP contribution in [0, 0.1) is 0 Å². The lowest BCUT2D eigenvalue weighted by Crippen LogP contribution is -2.48. The first-order valence-electron chi connectivity index (χ1n) is 10.6. The first-order valence-corrected chi connectivity index (χ1v) is 12.1. The number of carbonyl (C=O) groups is 1. The lowest BCUT2D eigenvalue weighted by Gasteiger charge is -2.31. The molecule has 0 spiro atoms. The van der Waals surface area contributed by atoms with Crippen LogP contribution in [-0.2, 0) is 10.0 Å². The number of carbonyl (C=O) groups excluding carboxylic acids is 1. The third kappa shape index (κ3) is 5.30. The Balaban J connectivity index is 1.55. The zero-order valence-electron chi connectivity index (χ0n) is 18.7. The molecule has 2 aromatic rings. The summed E-state index contributed by atoms with van der Waals surface area (Å²) in [6.45, 7) is 8.82. The Hall–Kier alpha value is -2.33. The highest BCUT2D eigenvalue weighted by Crippen LogP contribution is 2.23. The summed E-state index contributed by atoms with van der Waals surface area (Å²) in [6, 6.07) is 4.60. The SMILES string of the molecule is CC(C)n1c(=O)oc2cc(NC(=O)NC3CCC(NS(=O)(=O)C(C)(C)C)CC3)ccc21. The fraction of sp³-hybridized carbons (Fsp3) is 0.619. The number of aromatic nitrogens is 1. The van der Waals surface area contributed by atoms with Crippen molar-refractivity contribution in [3.63, 3.8) is 0 Å². The number of hydrogen-bond donors (Lipinski definition) is 3. The molecule has 0 unspecified atom stereocenters. The van der Waals surface area contributed by atoms with Crippen LogP contribution in [0.4, 0.5) is 10.5 Å². The molecule has 2 amide bonds. The van der Waals surface area contributed by atoms with Gasteiger partial charge in [-0.3, -0.25) is 4.57 Å². The summed E-state index contributed by atoms with van der Waals surface area (Å²) in [5.74, 6) is -0.426. The third-order valence-corrected chi connectivity index (χ3v) is 7.83. The Morgan fingerprint density at radius 3 is 2.32 bits per heavy atom. The topological polar surface area (TPSA) is 122 Å². The quantitative estimate of drug-likeness (QED) is 0.642. The molecule has 1 aromatic heterocycles. The number of sulfonamides is 1. The maximum Gasteiger partial charge on any atom is 0.420 e. The first-order chi connectivity index (χ1) is 14.4. The van der Waals surface area contributed by atoms with Crippen molar-refractivity contribution in [2.45, 2.75) is 83.2 Å². The largest absolute Gasteiger partial charge is 0.420 e. The molecule has 10 heteroatoms. The molecule has 31 heavy (non-hydrogen) atoms. The smallest absolute Gasteiger partial charge is 0.408 e. The molecule has 1 fully saturated rings. The van der Waals surface area contributed by atoms with Crippen molar-refractivity contribution in [1.29, 1.82) is 0 Å². The molecule has 0 atom stereocenters. The van der Waals surface area contributed by atoms with Crippen LogP contribution in [-0.4, -0.2) is 35.8 Å². The lowest BCUT2D eigenvalue weighted by molar-refractivity contribution is 0.242. The second-order valence-corrected chi connectivity index (χ2v) is 11.9. The van der Waals surface area contributed by atoms with Crippen molar-refractivity contribution in [1.82, 2.24) is 14.6 Å². The van der Waals surface area contributed by atoms with E-state index in [0.717, 1.165) is 0 Å². The predicted molar refractivity (Wildman–Crippen MR) is 121 cm³/mol. The monoisotopic (exact) mass is 452 g/mol. The molecule has 0 bridgehead atoms. The van der Waals surface area contributed by atoms with Crippen molar-refractivity contribution in [3.8, 4) is 0 Å². The van der Waals surface area contributed by atoms with Crippen LogP contribution >= 0.6 is 0 Å². The molecule has 0 saturated heterocycles. The van der Waals surface area contributed by atoms with E-state index in [0.29, 0.717) is 42.5 Å². The number of urea groups is 1. The third-order valence-electron chi connectivity index (χ3n) is 5.58. The molecule has 1 saturated carbocycles. The first kappa shape index (κ1) is 23.3. The van der Waals surface area contributed by atoms with Gasteiger partial charge in [0.1, 0.15) is 0 Å². The van der Waals surface area contributed by atoms with E-state index in [1.54, 1.807) is 43.5 Å².